The lowest BCUT2D eigenvalue weighted by atomic mass is 10.1. The molecule has 14 heterocycles. The molecule has 8 unspecified atom stereocenters. The van der Waals surface area contributed by atoms with Crippen molar-refractivity contribution in [3.8, 4) is 0 Å². The lowest BCUT2D eigenvalue weighted by molar-refractivity contribution is -0.0851. The molecule has 16 N–H and O–H groups in total. The zero-order valence-corrected chi connectivity index (χ0v) is 81.8. The van der Waals surface area contributed by atoms with Crippen LogP contribution >= 0.6 is 21.3 Å². The van der Waals surface area contributed by atoms with E-state index in [4.69, 9.17) is 165 Å². The van der Waals surface area contributed by atoms with E-state index in [9.17, 15) is 38.4 Å². The van der Waals surface area contributed by atoms with Gasteiger partial charge in [-0.1, -0.05) is 20.8 Å². The molecule has 0 amide bonds. The summed E-state index contributed by atoms with van der Waals surface area (Å²) in [6.45, 7) is 4.38. The van der Waals surface area contributed by atoms with Crippen molar-refractivity contribution >= 4 is 119 Å². The van der Waals surface area contributed by atoms with Crippen LogP contribution in [0.4, 0.5) is 29.5 Å². The maximum absolute atomic E-state index is 12.3. The summed E-state index contributed by atoms with van der Waals surface area (Å²) in [6.07, 6.45) is -1.55. The number of fused-ring (bicyclic) bond motifs is 4. The minimum absolute atomic E-state index is 0.00386. The predicted octanol–water partition coefficient (Wildman–Crippen LogP) is 0.474. The van der Waals surface area contributed by atoms with Crippen LogP contribution in [0.2, 0.25) is 0 Å². The quantitative estimate of drug-likeness (QED) is 0.0183. The summed E-state index contributed by atoms with van der Waals surface area (Å²) >= 11 is 10.0. The highest BCUT2D eigenvalue weighted by atomic mass is 32.5. The molecule has 23 atom stereocenters. The number of hydrogen-bond donors (Lipinski definition) is 11. The van der Waals surface area contributed by atoms with Gasteiger partial charge in [0.25, 0.3) is 16.7 Å². The first-order chi connectivity index (χ1) is 65.2. The van der Waals surface area contributed by atoms with E-state index in [1.807, 2.05) is 20.8 Å². The number of ether oxygens (including phenoxy) is 19. The fourth-order valence-electron chi connectivity index (χ4n) is 15.2. The Morgan fingerprint density at radius 1 is 0.375 bits per heavy atom. The Hall–Kier alpha value is -8.11. The number of nitrogens with two attached hydrogens (primary N) is 5. The summed E-state index contributed by atoms with van der Waals surface area (Å²) < 4.78 is 158. The number of phosphoric acid groups is 1. The third-order valence-electron chi connectivity index (χ3n) is 21.6. The molecule has 0 saturated carbocycles. The van der Waals surface area contributed by atoms with Gasteiger partial charge >= 0.3 is 26.9 Å². The molecule has 0 radical (unpaired) electrons. The van der Waals surface area contributed by atoms with E-state index in [1.165, 1.54) is 55.8 Å². The lowest BCUT2D eigenvalue weighted by Crippen LogP contribution is -2.40. The number of aryl methyl sites for hydroxylation is 1. The van der Waals surface area contributed by atoms with E-state index in [0.29, 0.717) is 101 Å². The van der Waals surface area contributed by atoms with Crippen LogP contribution in [-0.2, 0) is 145 Å². The molecule has 0 bridgehead atoms. The van der Waals surface area contributed by atoms with Crippen molar-refractivity contribution in [2.75, 3.05) is 193 Å². The highest BCUT2D eigenvalue weighted by Gasteiger charge is 2.54. The average Bonchev–Trinajstić information content (AvgIpc) is 1.61. The van der Waals surface area contributed by atoms with Crippen LogP contribution in [0, 0.1) is 6.92 Å². The molecule has 9 aromatic heterocycles. The highest BCUT2D eigenvalue weighted by Crippen LogP contribution is 2.53. The first-order valence-corrected chi connectivity index (χ1v) is 48.8. The topological polar surface area (TPSA) is 708 Å². The van der Waals surface area contributed by atoms with E-state index in [2.05, 4.69) is 69.3 Å². The molecule has 136 heavy (non-hydrogen) atoms. The molecular formula is C75H120N23O33P3S2. The number of anilines is 5. The van der Waals surface area contributed by atoms with E-state index in [1.54, 1.807) is 90.0 Å². The van der Waals surface area contributed by atoms with Crippen molar-refractivity contribution < 1.29 is 136 Å². The van der Waals surface area contributed by atoms with E-state index in [-0.39, 0.29) is 102 Å². The fraction of sp³-hybridized carbons (Fsp3) is 0.680. The summed E-state index contributed by atoms with van der Waals surface area (Å²) in [7, 11) is 13.5. The Kier molecular flexibility index (Phi) is 41.5. The van der Waals surface area contributed by atoms with E-state index >= 15 is 0 Å². The van der Waals surface area contributed by atoms with Crippen LogP contribution < -0.4 is 51.0 Å². The number of rotatable bonds is 43. The minimum Gasteiger partial charge on any atom is -0.383 e. The largest absolute Gasteiger partial charge is 0.472 e. The second-order valence-electron chi connectivity index (χ2n) is 30.1. The smallest absolute Gasteiger partial charge is 0.383 e. The molecule has 5 saturated heterocycles. The maximum atomic E-state index is 12.3. The Morgan fingerprint density at radius 3 is 0.993 bits per heavy atom. The van der Waals surface area contributed by atoms with Crippen LogP contribution in [0.25, 0.3) is 44.7 Å². The van der Waals surface area contributed by atoms with Crippen molar-refractivity contribution in [2.24, 2.45) is 0 Å². The third-order valence-corrected chi connectivity index (χ3v) is 25.9. The molecule has 14 rings (SSSR count). The maximum Gasteiger partial charge on any atom is 0.472 e. The molecular weight excluding hydrogens is 1910 g/mol. The van der Waals surface area contributed by atoms with Crippen LogP contribution in [0.15, 0.2) is 57.0 Å². The molecule has 5 aliphatic rings. The van der Waals surface area contributed by atoms with Crippen molar-refractivity contribution in [2.45, 2.75) is 170 Å². The number of nitrogens with one attached hydrogen (secondary N) is 3. The lowest BCUT2D eigenvalue weighted by Gasteiger charge is -2.27. The van der Waals surface area contributed by atoms with Crippen LogP contribution in [0.3, 0.4) is 0 Å². The number of aromatic nitrogens is 18. The zero-order chi connectivity index (χ0) is 99.0. The van der Waals surface area contributed by atoms with Crippen molar-refractivity contribution in [1.29, 1.82) is 0 Å². The van der Waals surface area contributed by atoms with Gasteiger partial charge in [-0.3, -0.25) is 70.3 Å². The summed E-state index contributed by atoms with van der Waals surface area (Å²) in [5.74, 6) is 0.324. The van der Waals surface area contributed by atoms with Gasteiger partial charge in [0.15, 0.2) is 76.1 Å². The number of methoxy groups -OCH3 is 9. The van der Waals surface area contributed by atoms with Gasteiger partial charge in [-0.05, 0) is 49.8 Å². The number of nitrogens with zero attached hydrogens (tertiary/aromatic N) is 15. The Bertz CT molecular complexity index is 5560. The Labute approximate surface area is 787 Å². The molecule has 5 fully saturated rings. The van der Waals surface area contributed by atoms with Gasteiger partial charge in [0.2, 0.25) is 17.8 Å². The van der Waals surface area contributed by atoms with E-state index in [0.717, 1.165) is 7.11 Å². The van der Waals surface area contributed by atoms with Gasteiger partial charge in [0.05, 0.1) is 123 Å². The molecule has 0 aliphatic carbocycles. The van der Waals surface area contributed by atoms with Gasteiger partial charge in [0, 0.05) is 97.1 Å². The van der Waals surface area contributed by atoms with Crippen LogP contribution in [0.5, 0.6) is 0 Å². The second kappa shape index (κ2) is 51.4. The number of H-pyrrole nitrogens is 3. The SMILES string of the molecule is CC[C@H]1O[C@@H](n2cnc3c(=O)[nH]c(N)nc32)[C@@H](OCCOC)C1OP(=O)(O)OC.CC[C@H]1O[C@@H](n2cnc3c(=O)[nH]c(N)nc32)[C@@H](OCCOC)C1OP(O)(=S)OC.CC[C@H]1O[C@@H](n2cnc3c(N)ncnc32)[C@@H](OCCOC)C1OP(O)(=S)OC.COCCO[C@H]1C(OC)[C@@H](COC)O[C@H]1n1cc(C)c(N)nc1=O.COCCO[C@H]1C(OC)[C@@H](COC)O[C@H]1n1cnc2c(=O)[nH]c(N)nc21. The second-order valence-corrected chi connectivity index (χ2v) is 37.4. The van der Waals surface area contributed by atoms with Gasteiger partial charge in [0.1, 0.15) is 90.9 Å². The zero-order valence-electron chi connectivity index (χ0n) is 77.5. The Morgan fingerprint density at radius 2 is 0.684 bits per heavy atom. The molecule has 0 spiro atoms. The summed E-state index contributed by atoms with van der Waals surface area (Å²) in [4.78, 5) is 127. The third kappa shape index (κ3) is 26.8. The fourth-order valence-corrected chi connectivity index (χ4v) is 17.8. The van der Waals surface area contributed by atoms with E-state index < -0.39 is 142 Å². The summed E-state index contributed by atoms with van der Waals surface area (Å²) in [6, 6.07) is 0. The van der Waals surface area contributed by atoms with Gasteiger partial charge in [-0.25, -0.2) is 39.3 Å². The number of phosphoric ester groups is 1. The van der Waals surface area contributed by atoms with Gasteiger partial charge in [-0.2, -0.15) is 19.9 Å². The Balaban J connectivity index is 0.000000176. The monoisotopic (exact) mass is 2030 g/mol. The van der Waals surface area contributed by atoms with Crippen molar-refractivity contribution in [3.63, 3.8) is 0 Å². The normalized spacial score (nSPS) is 26.7. The van der Waals surface area contributed by atoms with Crippen molar-refractivity contribution in [1.82, 2.24) is 87.6 Å². The highest BCUT2D eigenvalue weighted by molar-refractivity contribution is 8.07. The molecule has 0 aromatic carbocycles. The standard InChI is InChI=1S/C15H24N5O8P.C15H24N5O7PS.C15H24N5O6PS.C15H23N5O6.C15H25N3O6/c1-4-8-10(28-29(22,23)25-3)11(26-6-5-24-2)14(27-8)20-7-17-9-12(20)18-15(16)19-13(9)21;1-4-8-10(27-28(22,29)24-3)11(25-6-5-23-2)14(26-8)20-7-17-9-12(20)18-15(16)19-13(9)21;1-4-9-11(26-27(21,28)23-3)12(24-6-5-22-2)15(25-9)20-8-19-10-13(16)17-7-18-14(10)20;1-22-4-5-25-11-10(24-3)8(6-23-2)26-14(11)20-7-17-9-12(20)18-15(16)19-13(9)21;1-9-7-18(15(19)17-13(9)16)14-12(23-6-5-20-2)11(22-4)10(24-14)8-21-3/h7-8,10-11,14H,4-6H2,1-3H3,(H,22,23)(H3,16,18,19,21);7-8,10-11,14H,4-6H2,1-3H3,(H,22,29)(H3,16,18,19,21);7-9,11-12,15H,4-6H2,1-3H3,(H,21,28)(H2,16,17,18);7-8,10-11,14H,4-6H2,1-3H3,(H3,16,18,19,21);7,10-12,14H,5-6,8H2,1-4H3,(H2,16,17,19)/t8-,10?,11+,14-;8-,10?,11+,14-,28?;9-,11?,12+,15-,27?;8-,10?,11+,14-;10-,11?,12+,14-/m11111/s1. The van der Waals surface area contributed by atoms with Crippen LogP contribution in [-0.4, -0.2) is 358 Å². The summed E-state index contributed by atoms with van der Waals surface area (Å²) in [5, 5.41) is 0. The van der Waals surface area contributed by atoms with Gasteiger partial charge in [-0.15, -0.1) is 0 Å². The average molecular weight is 2030 g/mol. The first-order valence-electron chi connectivity index (χ1n) is 42.2. The van der Waals surface area contributed by atoms with Gasteiger partial charge < -0.3 is 142 Å². The molecule has 61 heteroatoms. The van der Waals surface area contributed by atoms with Crippen LogP contribution in [0.1, 0.15) is 76.7 Å². The predicted molar refractivity (Wildman–Crippen MR) is 487 cm³/mol. The van der Waals surface area contributed by atoms with Crippen molar-refractivity contribution in [3.05, 3.63) is 84.9 Å². The number of nitrogen functional groups attached to an aromatic ring is 5. The number of hydrogen-bond acceptors (Lipinski definition) is 47. The molecule has 760 valence electrons. The summed E-state index contributed by atoms with van der Waals surface area (Å²) in [5.41, 5.74) is 29.4. The molecule has 56 nitrogen and oxygen atoms in total. The molecule has 9 aromatic rings. The number of imidazole rings is 4. The minimum atomic E-state index is -4.32. The number of aromatic amines is 3. The molecule has 5 aliphatic heterocycles. The first kappa shape index (κ1) is 110.